The van der Waals surface area contributed by atoms with E-state index in [0.717, 1.165) is 23.5 Å². The van der Waals surface area contributed by atoms with Gasteiger partial charge in [0.05, 0.1) is 12.8 Å². The number of aromatic nitrogens is 2. The van der Waals surface area contributed by atoms with E-state index >= 15 is 0 Å². The largest absolute Gasteiger partial charge is 0.494 e. The minimum Gasteiger partial charge on any atom is -0.494 e. The summed E-state index contributed by atoms with van der Waals surface area (Å²) < 4.78 is 7.17. The summed E-state index contributed by atoms with van der Waals surface area (Å²) in [5.74, 6) is 0.907. The zero-order chi connectivity index (χ0) is 13.7. The quantitative estimate of drug-likeness (QED) is 0.863. The Morgan fingerprint density at radius 1 is 1.47 bits per heavy atom. The van der Waals surface area contributed by atoms with Crippen molar-refractivity contribution in [2.45, 2.75) is 20.4 Å². The zero-order valence-electron chi connectivity index (χ0n) is 11.4. The molecule has 1 N–H and O–H groups in total. The minimum absolute atomic E-state index is 0.687. The molecule has 0 aliphatic carbocycles. The first kappa shape index (κ1) is 13.2. The molecule has 0 saturated carbocycles. The van der Waals surface area contributed by atoms with Crippen LogP contribution in [0, 0.1) is 6.92 Å². The van der Waals surface area contributed by atoms with Gasteiger partial charge < -0.3 is 10.1 Å². The van der Waals surface area contributed by atoms with Gasteiger partial charge in [0.15, 0.2) is 0 Å². The molecule has 1 aromatic heterocycles. The summed E-state index contributed by atoms with van der Waals surface area (Å²) in [5.41, 5.74) is 3.39. The molecule has 1 aromatic carbocycles. The summed E-state index contributed by atoms with van der Waals surface area (Å²) in [6, 6.07) is 6.06. The number of nitrogens with zero attached hydrogens (tertiary/aromatic N) is 2. The molecule has 4 nitrogen and oxygen atoms in total. The van der Waals surface area contributed by atoms with Crippen LogP contribution in [0.1, 0.15) is 18.1 Å². The van der Waals surface area contributed by atoms with Gasteiger partial charge >= 0.3 is 0 Å². The van der Waals surface area contributed by atoms with Gasteiger partial charge in [-0.1, -0.05) is 6.58 Å². The number of hydrogen-bond acceptors (Lipinski definition) is 3. The molecule has 100 valence electrons. The average molecular weight is 257 g/mol. The van der Waals surface area contributed by atoms with Crippen LogP contribution in [0.25, 0.3) is 6.20 Å². The standard InChI is InChI=1S/C15H19N3O/c1-4-18-11-13(10-17-18)9-16-15-7-6-14(19-5-2)8-12(15)3/h4,6-8,10-11,16H,1,5,9H2,2-3H3. The van der Waals surface area contributed by atoms with Crippen LogP contribution in [0.4, 0.5) is 5.69 Å². The molecule has 0 fully saturated rings. The van der Waals surface area contributed by atoms with Crippen LogP contribution in [0.5, 0.6) is 5.75 Å². The van der Waals surface area contributed by atoms with Gasteiger partial charge in [0, 0.05) is 30.2 Å². The van der Waals surface area contributed by atoms with Crippen LogP contribution in [0.15, 0.2) is 37.2 Å². The van der Waals surface area contributed by atoms with E-state index < -0.39 is 0 Å². The molecule has 19 heavy (non-hydrogen) atoms. The molecular weight excluding hydrogens is 238 g/mol. The molecule has 4 heteroatoms. The van der Waals surface area contributed by atoms with E-state index in [9.17, 15) is 0 Å². The first-order chi connectivity index (χ1) is 9.22. The lowest BCUT2D eigenvalue weighted by Crippen LogP contribution is -2.01. The second-order valence-corrected chi connectivity index (χ2v) is 4.27. The molecule has 1 heterocycles. The van der Waals surface area contributed by atoms with Gasteiger partial charge in [0.25, 0.3) is 0 Å². The Kier molecular flexibility index (Phi) is 4.23. The number of anilines is 1. The fourth-order valence-corrected chi connectivity index (χ4v) is 1.86. The zero-order valence-corrected chi connectivity index (χ0v) is 11.4. The highest BCUT2D eigenvalue weighted by Crippen LogP contribution is 2.21. The maximum absolute atomic E-state index is 5.47. The highest BCUT2D eigenvalue weighted by Gasteiger charge is 2.02. The first-order valence-electron chi connectivity index (χ1n) is 6.36. The van der Waals surface area contributed by atoms with E-state index in [1.807, 2.05) is 37.5 Å². The maximum atomic E-state index is 5.47. The molecule has 0 unspecified atom stereocenters. The number of rotatable bonds is 6. The second kappa shape index (κ2) is 6.09. The number of nitrogens with one attached hydrogen (secondary N) is 1. The Labute approximate surface area is 113 Å². The smallest absolute Gasteiger partial charge is 0.119 e. The lowest BCUT2D eigenvalue weighted by atomic mass is 10.2. The van der Waals surface area contributed by atoms with E-state index in [1.165, 1.54) is 5.56 Å². The third-order valence-electron chi connectivity index (χ3n) is 2.83. The van der Waals surface area contributed by atoms with Crippen molar-refractivity contribution in [3.05, 3.63) is 48.3 Å². The Bertz CT molecular complexity index is 560. The molecule has 0 aliphatic heterocycles. The Morgan fingerprint density at radius 2 is 2.32 bits per heavy atom. The van der Waals surface area contributed by atoms with Crippen molar-refractivity contribution in [2.24, 2.45) is 0 Å². The molecule has 0 amide bonds. The van der Waals surface area contributed by atoms with Gasteiger partial charge in [0.1, 0.15) is 5.75 Å². The third-order valence-corrected chi connectivity index (χ3v) is 2.83. The fourth-order valence-electron chi connectivity index (χ4n) is 1.86. The number of hydrogen-bond donors (Lipinski definition) is 1. The summed E-state index contributed by atoms with van der Waals surface area (Å²) in [6.07, 6.45) is 5.45. The van der Waals surface area contributed by atoms with Gasteiger partial charge in [-0.3, -0.25) is 0 Å². The van der Waals surface area contributed by atoms with Crippen LogP contribution in [-0.2, 0) is 6.54 Å². The average Bonchev–Trinajstić information content (AvgIpc) is 2.86. The van der Waals surface area contributed by atoms with E-state index in [-0.39, 0.29) is 0 Å². The molecule has 0 spiro atoms. The summed E-state index contributed by atoms with van der Waals surface area (Å²) in [6.45, 7) is 9.15. The minimum atomic E-state index is 0.687. The van der Waals surface area contributed by atoms with Gasteiger partial charge in [-0.15, -0.1) is 0 Å². The van der Waals surface area contributed by atoms with Crippen LogP contribution in [0.2, 0.25) is 0 Å². The molecule has 0 aliphatic rings. The monoisotopic (exact) mass is 257 g/mol. The van der Waals surface area contributed by atoms with Crippen LogP contribution >= 0.6 is 0 Å². The highest BCUT2D eigenvalue weighted by molar-refractivity contribution is 5.53. The second-order valence-electron chi connectivity index (χ2n) is 4.27. The van der Waals surface area contributed by atoms with Gasteiger partial charge in [-0.05, 0) is 37.6 Å². The molecule has 2 rings (SSSR count). The summed E-state index contributed by atoms with van der Waals surface area (Å²) >= 11 is 0. The third kappa shape index (κ3) is 3.37. The van der Waals surface area contributed by atoms with Crippen LogP contribution in [0.3, 0.4) is 0 Å². The molecule has 0 atom stereocenters. The molecule has 2 aromatic rings. The van der Waals surface area contributed by atoms with Gasteiger partial charge in [-0.2, -0.15) is 5.10 Å². The van der Waals surface area contributed by atoms with Gasteiger partial charge in [0.2, 0.25) is 0 Å². The highest BCUT2D eigenvalue weighted by atomic mass is 16.5. The molecule has 0 saturated heterocycles. The van der Waals surface area contributed by atoms with Crippen molar-refractivity contribution < 1.29 is 4.74 Å². The lowest BCUT2D eigenvalue weighted by Gasteiger charge is -2.10. The summed E-state index contributed by atoms with van der Waals surface area (Å²) in [4.78, 5) is 0. The van der Waals surface area contributed by atoms with E-state index in [1.54, 1.807) is 10.9 Å². The summed E-state index contributed by atoms with van der Waals surface area (Å²) in [7, 11) is 0. The molecular formula is C15H19N3O. The molecule has 0 bridgehead atoms. The number of ether oxygens (including phenoxy) is 1. The number of aryl methyl sites for hydroxylation is 1. The van der Waals surface area contributed by atoms with Crippen molar-refractivity contribution in [3.8, 4) is 5.75 Å². The van der Waals surface area contributed by atoms with Crippen molar-refractivity contribution in [2.75, 3.05) is 11.9 Å². The Balaban J connectivity index is 2.00. The number of benzene rings is 1. The normalized spacial score (nSPS) is 10.2. The topological polar surface area (TPSA) is 39.1 Å². The van der Waals surface area contributed by atoms with Crippen molar-refractivity contribution in [1.82, 2.24) is 9.78 Å². The predicted octanol–water partition coefficient (Wildman–Crippen LogP) is 3.30. The molecule has 0 radical (unpaired) electrons. The lowest BCUT2D eigenvalue weighted by molar-refractivity contribution is 0.340. The fraction of sp³-hybridized carbons (Fsp3) is 0.267. The van der Waals surface area contributed by atoms with Crippen molar-refractivity contribution in [3.63, 3.8) is 0 Å². The van der Waals surface area contributed by atoms with E-state index in [0.29, 0.717) is 6.61 Å². The van der Waals surface area contributed by atoms with E-state index in [2.05, 4.69) is 23.9 Å². The Morgan fingerprint density at radius 3 is 2.95 bits per heavy atom. The van der Waals surface area contributed by atoms with Crippen molar-refractivity contribution >= 4 is 11.9 Å². The van der Waals surface area contributed by atoms with Crippen LogP contribution in [-0.4, -0.2) is 16.4 Å². The van der Waals surface area contributed by atoms with Crippen LogP contribution < -0.4 is 10.1 Å². The van der Waals surface area contributed by atoms with Crippen molar-refractivity contribution in [1.29, 1.82) is 0 Å². The summed E-state index contributed by atoms with van der Waals surface area (Å²) in [5, 5.41) is 7.54. The van der Waals surface area contributed by atoms with Gasteiger partial charge in [-0.25, -0.2) is 4.68 Å². The SMILES string of the molecule is C=Cn1cc(CNc2ccc(OCC)cc2C)cn1. The maximum Gasteiger partial charge on any atom is 0.119 e. The first-order valence-corrected chi connectivity index (χ1v) is 6.36. The predicted molar refractivity (Wildman–Crippen MR) is 78.3 cm³/mol. The van der Waals surface area contributed by atoms with E-state index in [4.69, 9.17) is 4.74 Å². The Hall–Kier alpha value is -2.23.